The lowest BCUT2D eigenvalue weighted by atomic mass is 10.1. The molecule has 0 aliphatic heterocycles. The van der Waals surface area contributed by atoms with Gasteiger partial charge in [0.2, 0.25) is 5.79 Å². The van der Waals surface area contributed by atoms with Crippen LogP contribution in [0.4, 0.5) is 0 Å². The lowest BCUT2D eigenvalue weighted by molar-refractivity contribution is -0.255. The van der Waals surface area contributed by atoms with Gasteiger partial charge in [0.1, 0.15) is 5.60 Å². The summed E-state index contributed by atoms with van der Waals surface area (Å²) >= 11 is 0. The van der Waals surface area contributed by atoms with E-state index in [2.05, 4.69) is 0 Å². The molecule has 1 fully saturated rings. The van der Waals surface area contributed by atoms with Crippen LogP contribution in [-0.2, 0) is 0 Å². The Labute approximate surface area is 52.4 Å². The summed E-state index contributed by atoms with van der Waals surface area (Å²) in [5.74, 6) is -2.30. The van der Waals surface area contributed by atoms with E-state index < -0.39 is 18.0 Å². The number of aliphatic hydroxyl groups excluding tert-OH is 1. The average molecular weight is 134 g/mol. The Balaban J connectivity index is 2.58. The van der Waals surface area contributed by atoms with Gasteiger partial charge in [-0.15, -0.1) is 0 Å². The molecule has 4 nitrogen and oxygen atoms in total. The highest BCUT2D eigenvalue weighted by Crippen LogP contribution is 2.42. The molecule has 9 heavy (non-hydrogen) atoms. The summed E-state index contributed by atoms with van der Waals surface area (Å²) < 4.78 is 0. The van der Waals surface area contributed by atoms with Crippen molar-refractivity contribution in [1.29, 1.82) is 0 Å². The van der Waals surface area contributed by atoms with Gasteiger partial charge in [-0.25, -0.2) is 0 Å². The lowest BCUT2D eigenvalue weighted by Crippen LogP contribution is -2.47. The Bertz CT molecular complexity index is 116. The van der Waals surface area contributed by atoms with Crippen molar-refractivity contribution in [3.8, 4) is 0 Å². The molecule has 0 spiro atoms. The molecule has 0 unspecified atom stereocenters. The molecule has 1 rings (SSSR count). The first kappa shape index (κ1) is 6.95. The molecule has 0 saturated heterocycles. The van der Waals surface area contributed by atoms with E-state index in [1.165, 1.54) is 0 Å². The minimum Gasteiger partial charge on any atom is -0.391 e. The standard InChI is InChI=1S/C5H10O4/c6-3-5(8,9)4(7)1-2-4/h6-9H,1-3H2. The summed E-state index contributed by atoms with van der Waals surface area (Å²) in [6, 6.07) is 0. The van der Waals surface area contributed by atoms with Crippen LogP contribution in [0.1, 0.15) is 12.8 Å². The molecular formula is C5H10O4. The highest BCUT2D eigenvalue weighted by molar-refractivity contribution is 5.03. The summed E-state index contributed by atoms with van der Waals surface area (Å²) in [6.45, 7) is -0.816. The topological polar surface area (TPSA) is 80.9 Å². The van der Waals surface area contributed by atoms with Crippen molar-refractivity contribution in [3.63, 3.8) is 0 Å². The van der Waals surface area contributed by atoms with Crippen molar-refractivity contribution in [3.05, 3.63) is 0 Å². The SMILES string of the molecule is OCC(O)(O)C1(O)CC1. The fourth-order valence-corrected chi connectivity index (χ4v) is 0.666. The molecule has 1 saturated carbocycles. The van der Waals surface area contributed by atoms with Crippen LogP contribution in [0.5, 0.6) is 0 Å². The smallest absolute Gasteiger partial charge is 0.216 e. The monoisotopic (exact) mass is 134 g/mol. The van der Waals surface area contributed by atoms with Gasteiger partial charge in [-0.05, 0) is 12.8 Å². The highest BCUT2D eigenvalue weighted by atomic mass is 16.5. The summed E-state index contributed by atoms with van der Waals surface area (Å²) in [6.07, 6.45) is 0.696. The third kappa shape index (κ3) is 0.943. The van der Waals surface area contributed by atoms with E-state index in [1.807, 2.05) is 0 Å². The van der Waals surface area contributed by atoms with Crippen LogP contribution >= 0.6 is 0 Å². The van der Waals surface area contributed by atoms with E-state index in [0.29, 0.717) is 12.8 Å². The maximum atomic E-state index is 9.00. The Morgan fingerprint density at radius 2 is 1.78 bits per heavy atom. The molecule has 0 atom stereocenters. The largest absolute Gasteiger partial charge is 0.391 e. The Morgan fingerprint density at radius 3 is 1.89 bits per heavy atom. The first-order valence-corrected chi connectivity index (χ1v) is 2.80. The van der Waals surface area contributed by atoms with Crippen LogP contribution in [0.2, 0.25) is 0 Å². The molecule has 54 valence electrons. The van der Waals surface area contributed by atoms with Crippen LogP contribution in [0.3, 0.4) is 0 Å². The highest BCUT2D eigenvalue weighted by Gasteiger charge is 2.57. The van der Waals surface area contributed by atoms with Crippen LogP contribution in [0.15, 0.2) is 0 Å². The van der Waals surface area contributed by atoms with Crippen LogP contribution in [0.25, 0.3) is 0 Å². The second-order valence-corrected chi connectivity index (χ2v) is 2.51. The maximum Gasteiger partial charge on any atom is 0.216 e. The zero-order valence-corrected chi connectivity index (χ0v) is 4.91. The summed E-state index contributed by atoms with van der Waals surface area (Å²) in [4.78, 5) is 0. The molecule has 0 aromatic carbocycles. The van der Waals surface area contributed by atoms with Crippen molar-refractivity contribution in [1.82, 2.24) is 0 Å². The van der Waals surface area contributed by atoms with Crippen molar-refractivity contribution in [2.75, 3.05) is 6.61 Å². The summed E-state index contributed by atoms with van der Waals surface area (Å²) in [5.41, 5.74) is -1.44. The molecule has 0 aromatic heterocycles. The van der Waals surface area contributed by atoms with Crippen molar-refractivity contribution in [2.24, 2.45) is 0 Å². The van der Waals surface area contributed by atoms with E-state index in [4.69, 9.17) is 20.4 Å². The fourth-order valence-electron chi connectivity index (χ4n) is 0.666. The second-order valence-electron chi connectivity index (χ2n) is 2.51. The third-order valence-corrected chi connectivity index (χ3v) is 1.69. The van der Waals surface area contributed by atoms with Crippen molar-refractivity contribution < 1.29 is 20.4 Å². The van der Waals surface area contributed by atoms with E-state index in [0.717, 1.165) is 0 Å². The molecular weight excluding hydrogens is 124 g/mol. The van der Waals surface area contributed by atoms with E-state index >= 15 is 0 Å². The van der Waals surface area contributed by atoms with Gasteiger partial charge in [-0.2, -0.15) is 0 Å². The first-order valence-electron chi connectivity index (χ1n) is 2.80. The van der Waals surface area contributed by atoms with Crippen molar-refractivity contribution >= 4 is 0 Å². The van der Waals surface area contributed by atoms with E-state index in [9.17, 15) is 0 Å². The Hall–Kier alpha value is -0.160. The van der Waals surface area contributed by atoms with Crippen LogP contribution in [-0.4, -0.2) is 38.4 Å². The van der Waals surface area contributed by atoms with Gasteiger partial charge in [-0.3, -0.25) is 0 Å². The third-order valence-electron chi connectivity index (χ3n) is 1.69. The van der Waals surface area contributed by atoms with Gasteiger partial charge in [0.05, 0.1) is 6.61 Å². The quantitative estimate of drug-likeness (QED) is 0.335. The van der Waals surface area contributed by atoms with Crippen LogP contribution < -0.4 is 0 Å². The fraction of sp³-hybridized carbons (Fsp3) is 1.00. The number of rotatable bonds is 2. The molecule has 0 bridgehead atoms. The molecule has 0 amide bonds. The van der Waals surface area contributed by atoms with Gasteiger partial charge in [-0.1, -0.05) is 0 Å². The van der Waals surface area contributed by atoms with Crippen molar-refractivity contribution in [2.45, 2.75) is 24.2 Å². The number of aliphatic hydroxyl groups is 4. The zero-order valence-electron chi connectivity index (χ0n) is 4.91. The predicted molar refractivity (Wildman–Crippen MR) is 28.4 cm³/mol. The summed E-state index contributed by atoms with van der Waals surface area (Å²) in [5, 5.41) is 34.9. The molecule has 0 heterocycles. The van der Waals surface area contributed by atoms with Gasteiger partial charge in [0.15, 0.2) is 0 Å². The number of hydrogen-bond donors (Lipinski definition) is 4. The normalized spacial score (nSPS) is 24.0. The Morgan fingerprint density at radius 1 is 1.33 bits per heavy atom. The average Bonchev–Trinajstić information content (AvgIpc) is 2.49. The Kier molecular flexibility index (Phi) is 1.29. The second kappa shape index (κ2) is 1.67. The van der Waals surface area contributed by atoms with E-state index in [-0.39, 0.29) is 0 Å². The molecule has 0 aromatic rings. The van der Waals surface area contributed by atoms with Gasteiger partial charge >= 0.3 is 0 Å². The molecule has 4 heteroatoms. The van der Waals surface area contributed by atoms with Gasteiger partial charge < -0.3 is 20.4 Å². The zero-order chi connectivity index (χ0) is 7.12. The number of hydrogen-bond acceptors (Lipinski definition) is 4. The molecule has 1 aliphatic rings. The van der Waals surface area contributed by atoms with Crippen LogP contribution in [0, 0.1) is 0 Å². The lowest BCUT2D eigenvalue weighted by Gasteiger charge is -2.24. The molecule has 1 aliphatic carbocycles. The van der Waals surface area contributed by atoms with Gasteiger partial charge in [0.25, 0.3) is 0 Å². The first-order chi connectivity index (χ1) is 4.02. The van der Waals surface area contributed by atoms with Gasteiger partial charge in [0, 0.05) is 0 Å². The molecule has 4 N–H and O–H groups in total. The van der Waals surface area contributed by atoms with E-state index in [1.54, 1.807) is 0 Å². The molecule has 0 radical (unpaired) electrons. The minimum atomic E-state index is -2.30. The summed E-state index contributed by atoms with van der Waals surface area (Å²) in [7, 11) is 0. The maximum absolute atomic E-state index is 9.00. The predicted octanol–water partition coefficient (Wildman–Crippen LogP) is -1.82. The minimum absolute atomic E-state index is 0.348.